The van der Waals surface area contributed by atoms with Crippen molar-refractivity contribution in [3.63, 3.8) is 0 Å². The fourth-order valence-electron chi connectivity index (χ4n) is 3.74. The molecule has 1 aliphatic heterocycles. The maximum atomic E-state index is 13.2. The van der Waals surface area contributed by atoms with E-state index in [2.05, 4.69) is 10.6 Å². The zero-order chi connectivity index (χ0) is 16.1. The Balaban J connectivity index is 0.00000208. The van der Waals surface area contributed by atoms with E-state index in [1.807, 2.05) is 23.9 Å². The van der Waals surface area contributed by atoms with Gasteiger partial charge in [-0.25, -0.2) is 4.39 Å². The minimum atomic E-state index is -0.202. The molecule has 2 aliphatic rings. The number of hydrogen-bond acceptors (Lipinski definition) is 3. The van der Waals surface area contributed by atoms with Crippen LogP contribution in [0.5, 0.6) is 0 Å². The van der Waals surface area contributed by atoms with E-state index >= 15 is 0 Å². The summed E-state index contributed by atoms with van der Waals surface area (Å²) in [6.07, 6.45) is 5.03. The summed E-state index contributed by atoms with van der Waals surface area (Å²) < 4.78 is 13.2. The van der Waals surface area contributed by atoms with Crippen LogP contribution in [0.25, 0.3) is 0 Å². The van der Waals surface area contributed by atoms with Crippen molar-refractivity contribution in [1.82, 2.24) is 10.6 Å². The van der Waals surface area contributed by atoms with Gasteiger partial charge in [0.15, 0.2) is 0 Å². The van der Waals surface area contributed by atoms with Gasteiger partial charge in [-0.15, -0.1) is 12.4 Å². The number of thioether (sulfide) groups is 1. The molecule has 0 bridgehead atoms. The van der Waals surface area contributed by atoms with Gasteiger partial charge in [0.2, 0.25) is 5.91 Å². The minimum Gasteiger partial charge on any atom is -0.355 e. The zero-order valence-corrected chi connectivity index (χ0v) is 15.5. The lowest BCUT2D eigenvalue weighted by Gasteiger charge is -2.30. The Morgan fingerprint density at radius 3 is 2.62 bits per heavy atom. The van der Waals surface area contributed by atoms with Crippen molar-refractivity contribution in [3.05, 3.63) is 35.6 Å². The molecule has 3 nitrogen and oxygen atoms in total. The van der Waals surface area contributed by atoms with Crippen molar-refractivity contribution in [2.75, 3.05) is 24.6 Å². The Kier molecular flexibility index (Phi) is 7.38. The van der Waals surface area contributed by atoms with Gasteiger partial charge in [-0.3, -0.25) is 4.79 Å². The maximum Gasteiger partial charge on any atom is 0.221 e. The van der Waals surface area contributed by atoms with E-state index in [0.29, 0.717) is 19.0 Å². The van der Waals surface area contributed by atoms with Gasteiger partial charge in [-0.05, 0) is 30.5 Å². The summed E-state index contributed by atoms with van der Waals surface area (Å²) in [5, 5.41) is 6.55. The lowest BCUT2D eigenvalue weighted by atomic mass is 9.78. The van der Waals surface area contributed by atoms with E-state index in [4.69, 9.17) is 0 Å². The number of hydrogen-bond donors (Lipinski definition) is 2. The molecule has 1 amide bonds. The van der Waals surface area contributed by atoms with Gasteiger partial charge in [-0.1, -0.05) is 25.0 Å². The molecule has 1 unspecified atom stereocenters. The van der Waals surface area contributed by atoms with Gasteiger partial charge in [-0.2, -0.15) is 11.8 Å². The Morgan fingerprint density at radius 2 is 2.00 bits per heavy atom. The van der Waals surface area contributed by atoms with Crippen LogP contribution in [0.3, 0.4) is 0 Å². The van der Waals surface area contributed by atoms with Crippen molar-refractivity contribution in [2.45, 2.75) is 43.6 Å². The summed E-state index contributed by atoms with van der Waals surface area (Å²) in [6, 6.07) is 7.11. The molecule has 1 aliphatic carbocycles. The summed E-state index contributed by atoms with van der Waals surface area (Å²) in [6.45, 7) is 1.65. The summed E-state index contributed by atoms with van der Waals surface area (Å²) in [4.78, 5) is 12.3. The quantitative estimate of drug-likeness (QED) is 0.833. The maximum absolute atomic E-state index is 13.2. The Bertz CT molecular complexity index is 528. The molecule has 0 aromatic heterocycles. The Labute approximate surface area is 154 Å². The van der Waals surface area contributed by atoms with Crippen molar-refractivity contribution in [3.8, 4) is 0 Å². The van der Waals surface area contributed by atoms with Crippen molar-refractivity contribution < 1.29 is 9.18 Å². The van der Waals surface area contributed by atoms with E-state index < -0.39 is 0 Å². The molecule has 1 atom stereocenters. The van der Waals surface area contributed by atoms with Gasteiger partial charge in [0.25, 0.3) is 0 Å². The largest absolute Gasteiger partial charge is 0.355 e. The van der Waals surface area contributed by atoms with Crippen LogP contribution in [-0.2, 0) is 10.2 Å². The van der Waals surface area contributed by atoms with Gasteiger partial charge in [0, 0.05) is 42.5 Å². The molecule has 0 radical (unpaired) electrons. The predicted octanol–water partition coefficient (Wildman–Crippen LogP) is 3.27. The first kappa shape index (κ1) is 19.5. The fourth-order valence-corrected chi connectivity index (χ4v) is 4.69. The van der Waals surface area contributed by atoms with Crippen molar-refractivity contribution >= 4 is 30.1 Å². The molecule has 1 saturated heterocycles. The third kappa shape index (κ3) is 4.87. The van der Waals surface area contributed by atoms with Gasteiger partial charge >= 0.3 is 0 Å². The highest BCUT2D eigenvalue weighted by atomic mass is 35.5. The number of halogens is 2. The Morgan fingerprint density at radius 1 is 1.29 bits per heavy atom. The lowest BCUT2D eigenvalue weighted by molar-refractivity contribution is -0.121. The van der Waals surface area contributed by atoms with Crippen LogP contribution >= 0.6 is 24.2 Å². The monoisotopic (exact) mass is 372 g/mol. The molecule has 134 valence electrons. The van der Waals surface area contributed by atoms with Crippen LogP contribution in [0.1, 0.15) is 37.7 Å². The second-order valence-electron chi connectivity index (χ2n) is 6.70. The van der Waals surface area contributed by atoms with Gasteiger partial charge < -0.3 is 10.6 Å². The number of benzene rings is 1. The van der Waals surface area contributed by atoms with Crippen molar-refractivity contribution in [1.29, 1.82) is 0 Å². The molecule has 1 saturated carbocycles. The number of amides is 1. The standard InChI is InChI=1S/C18H25FN2OS.ClH/c19-15-5-3-14(4-6-15)18(7-1-2-8-18)13-21-17(22)11-16-12-23-10-9-20-16;/h3-6,16,20H,1-2,7-13H2,(H,21,22);1H. The predicted molar refractivity (Wildman–Crippen MR) is 101 cm³/mol. The van der Waals surface area contributed by atoms with E-state index in [9.17, 15) is 9.18 Å². The molecule has 6 heteroatoms. The van der Waals surface area contributed by atoms with Gasteiger partial charge in [0.1, 0.15) is 5.82 Å². The molecule has 1 heterocycles. The molecule has 2 fully saturated rings. The van der Waals surface area contributed by atoms with Crippen molar-refractivity contribution in [2.24, 2.45) is 0 Å². The number of carbonyl (C=O) groups is 1. The number of nitrogens with one attached hydrogen (secondary N) is 2. The smallest absolute Gasteiger partial charge is 0.221 e. The van der Waals surface area contributed by atoms with E-state index in [-0.39, 0.29) is 29.5 Å². The third-order valence-corrected chi connectivity index (χ3v) is 6.20. The van der Waals surface area contributed by atoms with Crippen LogP contribution in [0.4, 0.5) is 4.39 Å². The van der Waals surface area contributed by atoms with Gasteiger partial charge in [0.05, 0.1) is 0 Å². The van der Waals surface area contributed by atoms with Crippen LogP contribution in [0.2, 0.25) is 0 Å². The molecule has 24 heavy (non-hydrogen) atoms. The SMILES string of the molecule is Cl.O=C(CC1CSCCN1)NCC1(c2ccc(F)cc2)CCCC1. The first-order valence-electron chi connectivity index (χ1n) is 8.52. The third-order valence-electron chi connectivity index (χ3n) is 5.07. The minimum absolute atomic E-state index is 0. The van der Waals surface area contributed by atoms with Crippen LogP contribution in [0.15, 0.2) is 24.3 Å². The molecule has 0 spiro atoms. The average molecular weight is 373 g/mol. The molecule has 1 aromatic rings. The molecule has 1 aromatic carbocycles. The first-order valence-corrected chi connectivity index (χ1v) is 9.67. The van der Waals surface area contributed by atoms with E-state index in [0.717, 1.165) is 36.5 Å². The topological polar surface area (TPSA) is 41.1 Å². The highest BCUT2D eigenvalue weighted by Gasteiger charge is 2.36. The van der Waals surface area contributed by atoms with Crippen LogP contribution < -0.4 is 10.6 Å². The number of rotatable bonds is 5. The highest BCUT2D eigenvalue weighted by Crippen LogP contribution is 2.40. The lowest BCUT2D eigenvalue weighted by Crippen LogP contribution is -2.44. The zero-order valence-electron chi connectivity index (χ0n) is 13.9. The normalized spacial score (nSPS) is 22.6. The highest BCUT2D eigenvalue weighted by molar-refractivity contribution is 7.99. The van der Waals surface area contributed by atoms with E-state index in [1.165, 1.54) is 25.0 Å². The van der Waals surface area contributed by atoms with E-state index in [1.54, 1.807) is 0 Å². The fraction of sp³-hybridized carbons (Fsp3) is 0.611. The molecular weight excluding hydrogens is 347 g/mol. The summed E-state index contributed by atoms with van der Waals surface area (Å²) in [7, 11) is 0. The summed E-state index contributed by atoms with van der Waals surface area (Å²) >= 11 is 1.91. The van der Waals surface area contributed by atoms with Crippen LogP contribution in [-0.4, -0.2) is 36.5 Å². The summed E-state index contributed by atoms with van der Waals surface area (Å²) in [5.74, 6) is 2.06. The second-order valence-corrected chi connectivity index (χ2v) is 7.85. The summed E-state index contributed by atoms with van der Waals surface area (Å²) in [5.41, 5.74) is 1.14. The van der Waals surface area contributed by atoms with Crippen LogP contribution in [0, 0.1) is 5.82 Å². The second kappa shape index (κ2) is 9.07. The molecule has 3 rings (SSSR count). The molecular formula is C18H26ClFN2OS. The average Bonchev–Trinajstić information content (AvgIpc) is 3.05. The number of carbonyl (C=O) groups excluding carboxylic acids is 1. The first-order chi connectivity index (χ1) is 11.2. The molecule has 2 N–H and O–H groups in total. The Hall–Kier alpha value is -0.780.